The summed E-state index contributed by atoms with van der Waals surface area (Å²) in [4.78, 5) is 12.3. The second-order valence-corrected chi connectivity index (χ2v) is 7.78. The molecule has 7 heteroatoms. The molecule has 3 rings (SSSR count). The summed E-state index contributed by atoms with van der Waals surface area (Å²) in [7, 11) is 3.51. The number of hydrogen-bond donors (Lipinski definition) is 1. The number of anilines is 1. The molecule has 1 unspecified atom stereocenters. The number of carbonyl (C=O) groups is 1. The second kappa shape index (κ2) is 9.60. The molecular weight excluding hydrogens is 384 g/mol. The van der Waals surface area contributed by atoms with Crippen LogP contribution in [0.1, 0.15) is 31.7 Å². The lowest BCUT2D eigenvalue weighted by atomic mass is 9.99. The van der Waals surface area contributed by atoms with E-state index in [0.29, 0.717) is 16.9 Å². The number of amides is 1. The average molecular weight is 411 g/mol. The first-order valence-electron chi connectivity index (χ1n) is 9.58. The maximum absolute atomic E-state index is 12.3. The highest BCUT2D eigenvalue weighted by molar-refractivity contribution is 7.99. The molecule has 152 valence electrons. The normalized spacial score (nSPS) is 11.9. The minimum Gasteiger partial charge on any atom is -0.496 e. The molecule has 0 fully saturated rings. The van der Waals surface area contributed by atoms with Gasteiger partial charge in [-0.3, -0.25) is 4.79 Å². The Morgan fingerprint density at radius 2 is 1.90 bits per heavy atom. The van der Waals surface area contributed by atoms with E-state index in [4.69, 9.17) is 4.74 Å². The third-order valence-corrected chi connectivity index (χ3v) is 5.91. The van der Waals surface area contributed by atoms with Crippen molar-refractivity contribution in [2.75, 3.05) is 18.2 Å². The number of aromatic nitrogens is 3. The van der Waals surface area contributed by atoms with Crippen molar-refractivity contribution in [2.24, 2.45) is 7.05 Å². The topological polar surface area (TPSA) is 69.0 Å². The number of ether oxygens (including phenoxy) is 1. The Labute approximate surface area is 175 Å². The predicted octanol–water partition coefficient (Wildman–Crippen LogP) is 4.74. The standard InChI is InChI=1S/C22H26N4O2S/c1-5-15(2)16-10-12-17(13-11-16)23-20(27)14-29-22-25-24-21(26(22)3)18-8-6-7-9-19(18)28-4/h6-13,15H,5,14H2,1-4H3,(H,23,27). The third kappa shape index (κ3) is 4.98. The van der Waals surface area contributed by atoms with Gasteiger partial charge < -0.3 is 14.6 Å². The van der Waals surface area contributed by atoms with Crippen LogP contribution in [0.3, 0.4) is 0 Å². The van der Waals surface area contributed by atoms with Crippen LogP contribution in [-0.2, 0) is 11.8 Å². The molecule has 6 nitrogen and oxygen atoms in total. The summed E-state index contributed by atoms with van der Waals surface area (Å²) in [5.74, 6) is 2.13. The highest BCUT2D eigenvalue weighted by Crippen LogP contribution is 2.30. The number of para-hydroxylation sites is 1. The lowest BCUT2D eigenvalue weighted by Gasteiger charge is -2.10. The molecule has 0 saturated heterocycles. The SMILES string of the molecule is CCC(C)c1ccc(NC(=O)CSc2nnc(-c3ccccc3OC)n2C)cc1. The number of nitrogens with one attached hydrogen (secondary N) is 1. The van der Waals surface area contributed by atoms with Gasteiger partial charge in [-0.05, 0) is 42.2 Å². The van der Waals surface area contributed by atoms with E-state index in [1.165, 1.54) is 17.3 Å². The van der Waals surface area contributed by atoms with E-state index in [-0.39, 0.29) is 11.7 Å². The van der Waals surface area contributed by atoms with Gasteiger partial charge in [-0.15, -0.1) is 10.2 Å². The molecule has 1 N–H and O–H groups in total. The second-order valence-electron chi connectivity index (χ2n) is 6.83. The zero-order valence-corrected chi connectivity index (χ0v) is 18.0. The minimum absolute atomic E-state index is 0.0758. The van der Waals surface area contributed by atoms with E-state index in [2.05, 4.69) is 41.5 Å². The highest BCUT2D eigenvalue weighted by atomic mass is 32.2. The Hall–Kier alpha value is -2.80. The van der Waals surface area contributed by atoms with Gasteiger partial charge >= 0.3 is 0 Å². The fraction of sp³-hybridized carbons (Fsp3) is 0.318. The number of thioether (sulfide) groups is 1. The molecule has 1 atom stereocenters. The van der Waals surface area contributed by atoms with E-state index in [0.717, 1.165) is 23.4 Å². The summed E-state index contributed by atoms with van der Waals surface area (Å²) in [6.45, 7) is 4.37. The molecule has 29 heavy (non-hydrogen) atoms. The molecule has 1 heterocycles. The van der Waals surface area contributed by atoms with Crippen molar-refractivity contribution in [2.45, 2.75) is 31.3 Å². The van der Waals surface area contributed by atoms with Crippen LogP contribution in [0.25, 0.3) is 11.4 Å². The van der Waals surface area contributed by atoms with Gasteiger partial charge in [0.05, 0.1) is 18.4 Å². The predicted molar refractivity (Wildman–Crippen MR) is 117 cm³/mol. The Morgan fingerprint density at radius 3 is 2.59 bits per heavy atom. The van der Waals surface area contributed by atoms with Crippen LogP contribution < -0.4 is 10.1 Å². The molecule has 3 aromatic rings. The molecule has 2 aromatic carbocycles. The van der Waals surface area contributed by atoms with Crippen molar-refractivity contribution >= 4 is 23.4 Å². The van der Waals surface area contributed by atoms with Crippen molar-refractivity contribution in [3.63, 3.8) is 0 Å². The molecule has 1 aromatic heterocycles. The summed E-state index contributed by atoms with van der Waals surface area (Å²) in [5, 5.41) is 12.1. The molecule has 0 aliphatic rings. The van der Waals surface area contributed by atoms with E-state index in [9.17, 15) is 4.79 Å². The number of hydrogen-bond acceptors (Lipinski definition) is 5. The smallest absolute Gasteiger partial charge is 0.234 e. The minimum atomic E-state index is -0.0758. The number of methoxy groups -OCH3 is 1. The fourth-order valence-electron chi connectivity index (χ4n) is 2.96. The van der Waals surface area contributed by atoms with Gasteiger partial charge in [-0.1, -0.05) is 49.9 Å². The summed E-state index contributed by atoms with van der Waals surface area (Å²) in [5.41, 5.74) is 2.95. The van der Waals surface area contributed by atoms with Crippen molar-refractivity contribution in [1.82, 2.24) is 14.8 Å². The Bertz CT molecular complexity index is 969. The van der Waals surface area contributed by atoms with E-state index in [1.807, 2.05) is 48.0 Å². The number of carbonyl (C=O) groups excluding carboxylic acids is 1. The molecule has 0 spiro atoms. The van der Waals surface area contributed by atoms with Crippen LogP contribution in [0, 0.1) is 0 Å². The van der Waals surface area contributed by atoms with E-state index >= 15 is 0 Å². The van der Waals surface area contributed by atoms with Crippen LogP contribution in [-0.4, -0.2) is 33.5 Å². The van der Waals surface area contributed by atoms with Crippen molar-refractivity contribution in [3.8, 4) is 17.1 Å². The summed E-state index contributed by atoms with van der Waals surface area (Å²) < 4.78 is 7.28. The highest BCUT2D eigenvalue weighted by Gasteiger charge is 2.16. The first kappa shape index (κ1) is 20.9. The Kier molecular flexibility index (Phi) is 6.93. The van der Waals surface area contributed by atoms with Crippen molar-refractivity contribution < 1.29 is 9.53 Å². The van der Waals surface area contributed by atoms with Crippen LogP contribution in [0.4, 0.5) is 5.69 Å². The Morgan fingerprint density at radius 1 is 1.17 bits per heavy atom. The van der Waals surface area contributed by atoms with Gasteiger partial charge in [-0.2, -0.15) is 0 Å². The van der Waals surface area contributed by atoms with Gasteiger partial charge in [0, 0.05) is 12.7 Å². The van der Waals surface area contributed by atoms with Crippen LogP contribution in [0.5, 0.6) is 5.75 Å². The molecule has 0 bridgehead atoms. The first-order chi connectivity index (χ1) is 14.0. The maximum Gasteiger partial charge on any atom is 0.234 e. The fourth-order valence-corrected chi connectivity index (χ4v) is 3.67. The number of benzene rings is 2. The van der Waals surface area contributed by atoms with Crippen LogP contribution in [0.15, 0.2) is 53.7 Å². The quantitative estimate of drug-likeness (QED) is 0.544. The van der Waals surface area contributed by atoms with Crippen LogP contribution >= 0.6 is 11.8 Å². The zero-order chi connectivity index (χ0) is 20.8. The summed E-state index contributed by atoms with van der Waals surface area (Å²) in [6, 6.07) is 15.7. The largest absolute Gasteiger partial charge is 0.496 e. The van der Waals surface area contributed by atoms with E-state index in [1.54, 1.807) is 7.11 Å². The number of nitrogens with zero attached hydrogens (tertiary/aromatic N) is 3. The molecule has 0 saturated carbocycles. The molecule has 0 aliphatic heterocycles. The van der Waals surface area contributed by atoms with Gasteiger partial charge in [0.15, 0.2) is 11.0 Å². The van der Waals surface area contributed by atoms with Crippen LogP contribution in [0.2, 0.25) is 0 Å². The Balaban J connectivity index is 1.62. The lowest BCUT2D eigenvalue weighted by molar-refractivity contribution is -0.113. The van der Waals surface area contributed by atoms with Crippen molar-refractivity contribution in [1.29, 1.82) is 0 Å². The van der Waals surface area contributed by atoms with Gasteiger partial charge in [0.2, 0.25) is 5.91 Å². The first-order valence-corrected chi connectivity index (χ1v) is 10.6. The summed E-state index contributed by atoms with van der Waals surface area (Å²) >= 11 is 1.35. The average Bonchev–Trinajstić information content (AvgIpc) is 3.12. The lowest BCUT2D eigenvalue weighted by Crippen LogP contribution is -2.14. The molecule has 1 amide bonds. The maximum atomic E-state index is 12.3. The summed E-state index contributed by atoms with van der Waals surface area (Å²) in [6.07, 6.45) is 1.09. The monoisotopic (exact) mass is 410 g/mol. The van der Waals surface area contributed by atoms with Gasteiger partial charge in [0.25, 0.3) is 0 Å². The third-order valence-electron chi connectivity index (χ3n) is 4.89. The molecule has 0 radical (unpaired) electrons. The van der Waals surface area contributed by atoms with Crippen molar-refractivity contribution in [3.05, 3.63) is 54.1 Å². The van der Waals surface area contributed by atoms with Gasteiger partial charge in [0.1, 0.15) is 5.75 Å². The van der Waals surface area contributed by atoms with Gasteiger partial charge in [-0.25, -0.2) is 0 Å². The zero-order valence-electron chi connectivity index (χ0n) is 17.2. The molecule has 0 aliphatic carbocycles. The van der Waals surface area contributed by atoms with E-state index < -0.39 is 0 Å². The number of rotatable bonds is 8. The molecular formula is C22H26N4O2S.